The van der Waals surface area contributed by atoms with Crippen LogP contribution in [0.15, 0.2) is 29.2 Å². The van der Waals surface area contributed by atoms with Crippen LogP contribution in [0.3, 0.4) is 0 Å². The molecule has 0 unspecified atom stereocenters. The van der Waals surface area contributed by atoms with Crippen molar-refractivity contribution >= 4 is 15.9 Å². The van der Waals surface area contributed by atoms with E-state index in [2.05, 4.69) is 5.32 Å². The van der Waals surface area contributed by atoms with E-state index in [9.17, 15) is 13.2 Å². The molecule has 0 bridgehead atoms. The molecule has 1 aromatic rings. The average Bonchev–Trinajstić information content (AvgIpc) is 2.61. The van der Waals surface area contributed by atoms with Gasteiger partial charge in [0, 0.05) is 32.7 Å². The number of aryl methyl sites for hydroxylation is 1. The molecule has 1 amide bonds. The molecular formula is C18H28N2O4S. The van der Waals surface area contributed by atoms with Gasteiger partial charge < -0.3 is 10.1 Å². The van der Waals surface area contributed by atoms with Crippen molar-refractivity contribution in [2.45, 2.75) is 50.0 Å². The van der Waals surface area contributed by atoms with Crippen LogP contribution in [0.4, 0.5) is 0 Å². The second-order valence-corrected chi connectivity index (χ2v) is 8.47. The van der Waals surface area contributed by atoms with Crippen LogP contribution in [0.1, 0.15) is 38.2 Å². The molecule has 1 N–H and O–H groups in total. The molecule has 7 heteroatoms. The lowest BCUT2D eigenvalue weighted by molar-refractivity contribution is -0.122. The Balaban J connectivity index is 1.90. The number of carbonyl (C=O) groups excluding carboxylic acids is 1. The van der Waals surface area contributed by atoms with Gasteiger partial charge in [-0.05, 0) is 43.9 Å². The third-order valence-corrected chi connectivity index (χ3v) is 6.25. The largest absolute Gasteiger partial charge is 0.383 e. The fourth-order valence-corrected chi connectivity index (χ4v) is 4.50. The molecule has 0 aliphatic carbocycles. The minimum atomic E-state index is -3.39. The number of ether oxygens (including phenoxy) is 1. The van der Waals surface area contributed by atoms with Gasteiger partial charge in [-0.25, -0.2) is 8.42 Å². The van der Waals surface area contributed by atoms with E-state index in [1.165, 1.54) is 0 Å². The standard InChI is InChI=1S/C18H28N2O4S/c1-15(14-24-2)19-18(21)11-8-16-6-9-17(10-7-16)25(22,23)20-12-4-3-5-13-20/h6-7,9-10,15H,3-5,8,11-14H2,1-2H3,(H,19,21)/t15-/m0/s1. The minimum absolute atomic E-state index is 0.0189. The summed E-state index contributed by atoms with van der Waals surface area (Å²) in [7, 11) is -1.79. The maximum atomic E-state index is 12.6. The van der Waals surface area contributed by atoms with Crippen molar-refractivity contribution in [2.24, 2.45) is 0 Å². The lowest BCUT2D eigenvalue weighted by Gasteiger charge is -2.25. The first-order valence-electron chi connectivity index (χ1n) is 8.81. The first-order chi connectivity index (χ1) is 11.9. The Bertz CT molecular complexity index is 652. The summed E-state index contributed by atoms with van der Waals surface area (Å²) in [6.07, 6.45) is 3.89. The number of benzene rings is 1. The fraction of sp³-hybridized carbons (Fsp3) is 0.611. The number of hydrogen-bond donors (Lipinski definition) is 1. The topological polar surface area (TPSA) is 75.7 Å². The van der Waals surface area contributed by atoms with Crippen LogP contribution < -0.4 is 5.32 Å². The molecule has 1 fully saturated rings. The summed E-state index contributed by atoms with van der Waals surface area (Å²) in [5.41, 5.74) is 0.951. The van der Waals surface area contributed by atoms with Crippen molar-refractivity contribution in [1.29, 1.82) is 0 Å². The minimum Gasteiger partial charge on any atom is -0.383 e. The molecule has 1 aliphatic rings. The van der Waals surface area contributed by atoms with Crippen LogP contribution in [-0.2, 0) is 26.0 Å². The third kappa shape index (κ3) is 5.80. The van der Waals surface area contributed by atoms with Crippen molar-refractivity contribution in [2.75, 3.05) is 26.8 Å². The highest BCUT2D eigenvalue weighted by molar-refractivity contribution is 7.89. The molecule has 140 valence electrons. The summed E-state index contributed by atoms with van der Waals surface area (Å²) in [4.78, 5) is 12.2. The van der Waals surface area contributed by atoms with E-state index in [-0.39, 0.29) is 11.9 Å². The number of rotatable bonds is 8. The summed E-state index contributed by atoms with van der Waals surface area (Å²) in [5, 5.41) is 2.86. The monoisotopic (exact) mass is 368 g/mol. The first kappa shape index (κ1) is 19.9. The predicted octanol–water partition coefficient (Wildman–Crippen LogP) is 1.94. The van der Waals surface area contributed by atoms with E-state index in [1.54, 1.807) is 35.7 Å². The molecule has 1 aliphatic heterocycles. The summed E-state index contributed by atoms with van der Waals surface area (Å²) in [6, 6.07) is 6.86. The van der Waals surface area contributed by atoms with Crippen molar-refractivity contribution < 1.29 is 17.9 Å². The Morgan fingerprint density at radius 2 is 1.84 bits per heavy atom. The van der Waals surface area contributed by atoms with E-state index < -0.39 is 10.0 Å². The Labute approximate surface area is 150 Å². The number of sulfonamides is 1. The molecule has 0 aromatic heterocycles. The zero-order valence-corrected chi connectivity index (χ0v) is 15.8. The zero-order valence-electron chi connectivity index (χ0n) is 15.0. The number of hydrogen-bond acceptors (Lipinski definition) is 4. The van der Waals surface area contributed by atoms with Gasteiger partial charge in [-0.3, -0.25) is 4.79 Å². The molecule has 0 radical (unpaired) electrons. The van der Waals surface area contributed by atoms with Crippen LogP contribution in [0.2, 0.25) is 0 Å². The number of amides is 1. The molecule has 1 heterocycles. The number of piperidine rings is 1. The van der Waals surface area contributed by atoms with Crippen LogP contribution >= 0.6 is 0 Å². The first-order valence-corrected chi connectivity index (χ1v) is 10.2. The highest BCUT2D eigenvalue weighted by atomic mass is 32.2. The van der Waals surface area contributed by atoms with E-state index >= 15 is 0 Å². The zero-order chi connectivity index (χ0) is 18.3. The lowest BCUT2D eigenvalue weighted by atomic mass is 10.1. The maximum absolute atomic E-state index is 12.6. The highest BCUT2D eigenvalue weighted by Crippen LogP contribution is 2.21. The number of nitrogens with one attached hydrogen (secondary N) is 1. The lowest BCUT2D eigenvalue weighted by Crippen LogP contribution is -2.35. The Kier molecular flexibility index (Phi) is 7.40. The quantitative estimate of drug-likeness (QED) is 0.761. The number of carbonyl (C=O) groups is 1. The SMILES string of the molecule is COC[C@H](C)NC(=O)CCc1ccc(S(=O)(=O)N2CCCCC2)cc1. The Morgan fingerprint density at radius 3 is 2.44 bits per heavy atom. The van der Waals surface area contributed by atoms with Gasteiger partial charge in [-0.1, -0.05) is 18.6 Å². The number of nitrogens with zero attached hydrogens (tertiary/aromatic N) is 1. The van der Waals surface area contributed by atoms with Gasteiger partial charge in [-0.15, -0.1) is 0 Å². The molecule has 25 heavy (non-hydrogen) atoms. The van der Waals surface area contributed by atoms with E-state index in [0.29, 0.717) is 37.4 Å². The van der Waals surface area contributed by atoms with Gasteiger partial charge in [0.1, 0.15) is 0 Å². The van der Waals surface area contributed by atoms with Crippen LogP contribution in [0.25, 0.3) is 0 Å². The van der Waals surface area contributed by atoms with Crippen molar-refractivity contribution in [3.8, 4) is 0 Å². The summed E-state index contributed by atoms with van der Waals surface area (Å²) < 4.78 is 31.7. The summed E-state index contributed by atoms with van der Waals surface area (Å²) >= 11 is 0. The number of methoxy groups -OCH3 is 1. The highest BCUT2D eigenvalue weighted by Gasteiger charge is 2.25. The smallest absolute Gasteiger partial charge is 0.243 e. The van der Waals surface area contributed by atoms with Gasteiger partial charge in [-0.2, -0.15) is 4.31 Å². The van der Waals surface area contributed by atoms with Gasteiger partial charge in [0.15, 0.2) is 0 Å². The van der Waals surface area contributed by atoms with Crippen molar-refractivity contribution in [3.63, 3.8) is 0 Å². The molecule has 2 rings (SSSR count). The van der Waals surface area contributed by atoms with Gasteiger partial charge in [0.25, 0.3) is 0 Å². The molecule has 1 aromatic carbocycles. The second kappa shape index (κ2) is 9.31. The van der Waals surface area contributed by atoms with Gasteiger partial charge in [0.05, 0.1) is 11.5 Å². The van der Waals surface area contributed by atoms with Crippen LogP contribution in [0, 0.1) is 0 Å². The van der Waals surface area contributed by atoms with E-state index in [4.69, 9.17) is 4.74 Å². The van der Waals surface area contributed by atoms with Crippen molar-refractivity contribution in [3.05, 3.63) is 29.8 Å². The molecule has 1 saturated heterocycles. The van der Waals surface area contributed by atoms with E-state index in [1.807, 2.05) is 6.92 Å². The van der Waals surface area contributed by atoms with E-state index in [0.717, 1.165) is 24.8 Å². The van der Waals surface area contributed by atoms with Crippen LogP contribution in [0.5, 0.6) is 0 Å². The summed E-state index contributed by atoms with van der Waals surface area (Å²) in [5.74, 6) is -0.0328. The Hall–Kier alpha value is -1.44. The summed E-state index contributed by atoms with van der Waals surface area (Å²) in [6.45, 7) is 3.57. The normalized spacial score (nSPS) is 17.2. The maximum Gasteiger partial charge on any atom is 0.243 e. The average molecular weight is 368 g/mol. The molecular weight excluding hydrogens is 340 g/mol. The molecule has 0 saturated carbocycles. The third-order valence-electron chi connectivity index (χ3n) is 4.34. The molecule has 6 nitrogen and oxygen atoms in total. The van der Waals surface area contributed by atoms with Crippen LogP contribution in [-0.4, -0.2) is 51.5 Å². The fourth-order valence-electron chi connectivity index (χ4n) is 2.98. The van der Waals surface area contributed by atoms with Crippen molar-refractivity contribution in [1.82, 2.24) is 9.62 Å². The Morgan fingerprint density at radius 1 is 1.20 bits per heavy atom. The second-order valence-electron chi connectivity index (χ2n) is 6.53. The molecule has 0 spiro atoms. The van der Waals surface area contributed by atoms with Gasteiger partial charge in [0.2, 0.25) is 15.9 Å². The predicted molar refractivity (Wildman–Crippen MR) is 96.9 cm³/mol. The van der Waals surface area contributed by atoms with Gasteiger partial charge >= 0.3 is 0 Å². The molecule has 1 atom stereocenters.